The van der Waals surface area contributed by atoms with Crippen LogP contribution in [0.3, 0.4) is 0 Å². The zero-order valence-electron chi connectivity index (χ0n) is 9.64. The van der Waals surface area contributed by atoms with E-state index >= 15 is 0 Å². The van der Waals surface area contributed by atoms with Crippen LogP contribution in [0.4, 0.5) is 0 Å². The Hall–Kier alpha value is -0.175. The van der Waals surface area contributed by atoms with E-state index < -0.39 is 18.5 Å². The summed E-state index contributed by atoms with van der Waals surface area (Å²) in [4.78, 5) is 0. The number of hydrogen-bond donors (Lipinski definition) is 5. The van der Waals surface area contributed by atoms with Crippen LogP contribution in [0.5, 0.6) is 0 Å². The van der Waals surface area contributed by atoms with Gasteiger partial charge < -0.3 is 30.0 Å². The van der Waals surface area contributed by atoms with Crippen molar-refractivity contribution in [1.29, 1.82) is 0 Å². The molecule has 0 saturated heterocycles. The van der Waals surface area contributed by atoms with Gasteiger partial charge in [0.2, 0.25) is 0 Å². The van der Waals surface area contributed by atoms with E-state index in [1.54, 1.807) is 20.8 Å². The van der Waals surface area contributed by atoms with Crippen molar-refractivity contribution >= 4 is 7.32 Å². The third-order valence-electron chi connectivity index (χ3n) is 1.91. The Balaban J connectivity index is 0. The Morgan fingerprint density at radius 3 is 1.60 bits per heavy atom. The molecule has 92 valence electrons. The van der Waals surface area contributed by atoms with Gasteiger partial charge in [0, 0.05) is 6.61 Å². The van der Waals surface area contributed by atoms with E-state index in [9.17, 15) is 10.2 Å². The highest BCUT2D eigenvalue weighted by Crippen LogP contribution is 2.20. The molecule has 7 heteroatoms. The van der Waals surface area contributed by atoms with Crippen molar-refractivity contribution in [3.05, 3.63) is 0 Å². The first-order valence-corrected chi connectivity index (χ1v) is 4.61. The summed E-state index contributed by atoms with van der Waals surface area (Å²) in [6.07, 6.45) is 0. The SMILES string of the molecule is CCOCC(C)(O)C(C)(C)O.OB(O)O. The van der Waals surface area contributed by atoms with Crippen LogP contribution in [-0.2, 0) is 4.74 Å². The zero-order chi connectivity index (χ0) is 12.7. The van der Waals surface area contributed by atoms with Crippen LogP contribution in [0.1, 0.15) is 27.7 Å². The molecule has 0 heterocycles. The lowest BCUT2D eigenvalue weighted by Gasteiger charge is -2.35. The lowest BCUT2D eigenvalue weighted by Crippen LogP contribution is -2.51. The number of aliphatic hydroxyl groups is 2. The van der Waals surface area contributed by atoms with E-state index in [2.05, 4.69) is 0 Å². The molecular formula is C8H21BO6. The summed E-state index contributed by atoms with van der Waals surface area (Å²) in [6, 6.07) is 0. The summed E-state index contributed by atoms with van der Waals surface area (Å²) in [7, 11) is -2.17. The Labute approximate surface area is 90.3 Å². The lowest BCUT2D eigenvalue weighted by molar-refractivity contribution is -0.152. The van der Waals surface area contributed by atoms with Crippen molar-refractivity contribution in [2.24, 2.45) is 0 Å². The summed E-state index contributed by atoms with van der Waals surface area (Å²) in [5.41, 5.74) is -2.30. The molecule has 0 saturated carbocycles. The standard InChI is InChI=1S/C8H18O3.BH3O3/c1-5-11-6-8(4,10)7(2,3)9;2-1(3)4/h9-10H,5-6H2,1-4H3;2-4H. The quantitative estimate of drug-likeness (QED) is 0.371. The summed E-state index contributed by atoms with van der Waals surface area (Å²) < 4.78 is 5.01. The second-order valence-corrected chi connectivity index (χ2v) is 3.82. The van der Waals surface area contributed by atoms with Gasteiger partial charge in [-0.3, -0.25) is 0 Å². The summed E-state index contributed by atoms with van der Waals surface area (Å²) in [5.74, 6) is 0. The normalized spacial score (nSPS) is 15.0. The monoisotopic (exact) mass is 224 g/mol. The fraction of sp³-hybridized carbons (Fsp3) is 1.00. The second-order valence-electron chi connectivity index (χ2n) is 3.82. The topological polar surface area (TPSA) is 110 Å². The van der Waals surface area contributed by atoms with Crippen LogP contribution in [0.2, 0.25) is 0 Å². The Morgan fingerprint density at radius 2 is 1.40 bits per heavy atom. The van der Waals surface area contributed by atoms with E-state index in [-0.39, 0.29) is 6.61 Å². The van der Waals surface area contributed by atoms with Crippen LogP contribution in [-0.4, -0.2) is 57.0 Å². The lowest BCUT2D eigenvalue weighted by atomic mass is 9.89. The van der Waals surface area contributed by atoms with E-state index in [1.807, 2.05) is 6.92 Å². The first-order chi connectivity index (χ1) is 6.54. The highest BCUT2D eigenvalue weighted by Gasteiger charge is 2.37. The van der Waals surface area contributed by atoms with E-state index in [4.69, 9.17) is 19.8 Å². The molecule has 0 rings (SSSR count). The van der Waals surface area contributed by atoms with Crippen LogP contribution in [0.25, 0.3) is 0 Å². The van der Waals surface area contributed by atoms with E-state index in [0.717, 1.165) is 0 Å². The average molecular weight is 224 g/mol. The van der Waals surface area contributed by atoms with Crippen molar-refractivity contribution in [3.8, 4) is 0 Å². The summed E-state index contributed by atoms with van der Waals surface area (Å²) in [6.45, 7) is 7.24. The molecule has 0 aromatic carbocycles. The average Bonchev–Trinajstić information content (AvgIpc) is 1.97. The highest BCUT2D eigenvalue weighted by atomic mass is 16.5. The largest absolute Gasteiger partial charge is 0.631 e. The molecule has 15 heavy (non-hydrogen) atoms. The van der Waals surface area contributed by atoms with Crippen molar-refractivity contribution in [2.75, 3.05) is 13.2 Å². The zero-order valence-corrected chi connectivity index (χ0v) is 9.64. The molecule has 0 aliphatic heterocycles. The van der Waals surface area contributed by atoms with Gasteiger partial charge in [-0.1, -0.05) is 0 Å². The minimum Gasteiger partial charge on any atom is -0.402 e. The van der Waals surface area contributed by atoms with Crippen molar-refractivity contribution < 1.29 is 30.0 Å². The fourth-order valence-electron chi connectivity index (χ4n) is 0.477. The molecule has 1 atom stereocenters. The number of hydrogen-bond acceptors (Lipinski definition) is 6. The van der Waals surface area contributed by atoms with Gasteiger partial charge in [0.05, 0.1) is 12.2 Å². The highest BCUT2D eigenvalue weighted by molar-refractivity contribution is 6.30. The van der Waals surface area contributed by atoms with Gasteiger partial charge in [-0.2, -0.15) is 0 Å². The summed E-state index contributed by atoms with van der Waals surface area (Å²) >= 11 is 0. The minimum atomic E-state index is -2.17. The maximum absolute atomic E-state index is 9.61. The van der Waals surface area contributed by atoms with Gasteiger partial charge in [-0.15, -0.1) is 0 Å². The molecule has 0 radical (unpaired) electrons. The van der Waals surface area contributed by atoms with Gasteiger partial charge in [-0.05, 0) is 27.7 Å². The first-order valence-electron chi connectivity index (χ1n) is 4.61. The smallest absolute Gasteiger partial charge is 0.402 e. The molecule has 6 nitrogen and oxygen atoms in total. The third-order valence-corrected chi connectivity index (χ3v) is 1.91. The minimum absolute atomic E-state index is 0.160. The molecule has 0 aromatic rings. The Kier molecular flexibility index (Phi) is 8.22. The molecule has 0 aliphatic carbocycles. The van der Waals surface area contributed by atoms with Crippen LogP contribution in [0, 0.1) is 0 Å². The molecule has 1 unspecified atom stereocenters. The van der Waals surface area contributed by atoms with E-state index in [1.165, 1.54) is 0 Å². The van der Waals surface area contributed by atoms with Crippen LogP contribution in [0.15, 0.2) is 0 Å². The summed E-state index contributed by atoms with van der Waals surface area (Å²) in [5, 5.41) is 40.5. The molecule has 0 fully saturated rings. The third kappa shape index (κ3) is 10.1. The van der Waals surface area contributed by atoms with E-state index in [0.29, 0.717) is 6.61 Å². The molecule has 0 aromatic heterocycles. The van der Waals surface area contributed by atoms with Crippen LogP contribution < -0.4 is 0 Å². The van der Waals surface area contributed by atoms with Crippen molar-refractivity contribution in [1.82, 2.24) is 0 Å². The predicted octanol–water partition coefficient (Wildman–Crippen LogP) is -1.51. The molecule has 0 amide bonds. The maximum Gasteiger partial charge on any atom is 0.631 e. The first kappa shape index (κ1) is 17.2. The maximum atomic E-state index is 9.61. The van der Waals surface area contributed by atoms with Gasteiger partial charge in [0.15, 0.2) is 0 Å². The van der Waals surface area contributed by atoms with Crippen molar-refractivity contribution in [2.45, 2.75) is 38.9 Å². The van der Waals surface area contributed by atoms with Gasteiger partial charge >= 0.3 is 7.32 Å². The second kappa shape index (κ2) is 7.16. The van der Waals surface area contributed by atoms with Gasteiger partial charge in [-0.25, -0.2) is 0 Å². The van der Waals surface area contributed by atoms with Gasteiger partial charge in [0.1, 0.15) is 5.60 Å². The number of ether oxygens (including phenoxy) is 1. The Morgan fingerprint density at radius 1 is 1.07 bits per heavy atom. The van der Waals surface area contributed by atoms with Gasteiger partial charge in [0.25, 0.3) is 0 Å². The van der Waals surface area contributed by atoms with Crippen molar-refractivity contribution in [3.63, 3.8) is 0 Å². The number of rotatable bonds is 4. The Bertz CT molecular complexity index is 151. The molecular weight excluding hydrogens is 203 g/mol. The molecule has 0 spiro atoms. The van der Waals surface area contributed by atoms with Crippen LogP contribution >= 0.6 is 0 Å². The predicted molar refractivity (Wildman–Crippen MR) is 55.8 cm³/mol. The molecule has 5 N–H and O–H groups in total. The fourth-order valence-corrected chi connectivity index (χ4v) is 0.477. The molecule has 0 aliphatic rings. The molecule has 0 bridgehead atoms.